The summed E-state index contributed by atoms with van der Waals surface area (Å²) in [6.45, 7) is 0. The molecule has 0 fully saturated rings. The SMILES string of the molecule is [B]c1ccc2c3c(cccc13)-c1c-2c(-c2ccc(F)cc2)c2ccccc2c1-c1ccc(F)cc1. The van der Waals surface area contributed by atoms with Crippen molar-refractivity contribution in [3.8, 4) is 44.5 Å². The van der Waals surface area contributed by atoms with Crippen LogP contribution in [0.4, 0.5) is 8.78 Å². The summed E-state index contributed by atoms with van der Waals surface area (Å²) in [5.41, 5.74) is 9.15. The van der Waals surface area contributed by atoms with Crippen molar-refractivity contribution < 1.29 is 8.78 Å². The standard InChI is InChI=1S/C32H17BF2/c33-27-17-16-26-30-24(27)6-3-7-25(30)31-28(18-8-12-20(34)13-9-18)22-4-1-2-5-23(22)29(32(26)31)19-10-14-21(35)15-11-19/h1-17H. The molecule has 2 radical (unpaired) electrons. The Balaban J connectivity index is 1.74. The van der Waals surface area contributed by atoms with E-state index in [-0.39, 0.29) is 11.6 Å². The maximum atomic E-state index is 13.9. The molecule has 6 aromatic rings. The third-order valence-electron chi connectivity index (χ3n) is 7.09. The average Bonchev–Trinajstić information content (AvgIpc) is 3.21. The van der Waals surface area contributed by atoms with Gasteiger partial charge in [-0.2, -0.15) is 0 Å². The predicted octanol–water partition coefficient (Wildman–Crippen LogP) is 8.05. The van der Waals surface area contributed by atoms with Crippen molar-refractivity contribution in [2.75, 3.05) is 0 Å². The normalized spacial score (nSPS) is 11.8. The third kappa shape index (κ3) is 2.85. The van der Waals surface area contributed by atoms with Gasteiger partial charge in [-0.3, -0.25) is 0 Å². The van der Waals surface area contributed by atoms with Crippen LogP contribution in [0.5, 0.6) is 0 Å². The smallest absolute Gasteiger partial charge is 0.123 e. The third-order valence-corrected chi connectivity index (χ3v) is 7.09. The highest BCUT2D eigenvalue weighted by molar-refractivity contribution is 6.41. The van der Waals surface area contributed by atoms with Gasteiger partial charge >= 0.3 is 0 Å². The van der Waals surface area contributed by atoms with Crippen molar-refractivity contribution >= 4 is 34.9 Å². The summed E-state index contributed by atoms with van der Waals surface area (Å²) in [4.78, 5) is 0. The first-order valence-electron chi connectivity index (χ1n) is 11.5. The first-order chi connectivity index (χ1) is 17.1. The zero-order valence-corrected chi connectivity index (χ0v) is 18.6. The number of halogens is 2. The van der Waals surface area contributed by atoms with Crippen LogP contribution in [0.3, 0.4) is 0 Å². The van der Waals surface area contributed by atoms with Gasteiger partial charge in [-0.25, -0.2) is 8.78 Å². The number of hydrogen-bond donors (Lipinski definition) is 0. The van der Waals surface area contributed by atoms with Crippen LogP contribution >= 0.6 is 0 Å². The molecular formula is C32H17BF2. The van der Waals surface area contributed by atoms with Gasteiger partial charge in [0.05, 0.1) is 0 Å². The number of benzene rings is 6. The van der Waals surface area contributed by atoms with Gasteiger partial charge in [0.1, 0.15) is 19.5 Å². The van der Waals surface area contributed by atoms with Crippen LogP contribution in [-0.2, 0) is 0 Å². The Labute approximate surface area is 202 Å². The Bertz CT molecular complexity index is 1700. The second-order valence-corrected chi connectivity index (χ2v) is 8.99. The molecule has 1 aliphatic carbocycles. The molecule has 0 bridgehead atoms. The second kappa shape index (κ2) is 7.38. The van der Waals surface area contributed by atoms with Gasteiger partial charge in [-0.15, -0.1) is 0 Å². The Morgan fingerprint density at radius 2 is 0.914 bits per heavy atom. The topological polar surface area (TPSA) is 0 Å². The van der Waals surface area contributed by atoms with Crippen LogP contribution in [0.2, 0.25) is 0 Å². The van der Waals surface area contributed by atoms with Gasteiger partial charge in [-0.05, 0) is 90.3 Å². The Kier molecular flexibility index (Phi) is 4.25. The minimum atomic E-state index is -0.268. The van der Waals surface area contributed by atoms with Gasteiger partial charge in [0.15, 0.2) is 0 Å². The first-order valence-corrected chi connectivity index (χ1v) is 11.5. The summed E-state index contributed by atoms with van der Waals surface area (Å²) in [5, 5.41) is 4.25. The fourth-order valence-corrected chi connectivity index (χ4v) is 5.66. The quantitative estimate of drug-likeness (QED) is 0.234. The monoisotopic (exact) mass is 450 g/mol. The van der Waals surface area contributed by atoms with E-state index in [9.17, 15) is 8.78 Å². The Morgan fingerprint density at radius 1 is 0.429 bits per heavy atom. The van der Waals surface area contributed by atoms with Crippen molar-refractivity contribution in [2.45, 2.75) is 0 Å². The van der Waals surface area contributed by atoms with Gasteiger partial charge < -0.3 is 0 Å². The number of rotatable bonds is 2. The van der Waals surface area contributed by atoms with Crippen LogP contribution in [0.15, 0.2) is 103 Å². The lowest BCUT2D eigenvalue weighted by atomic mass is 9.82. The van der Waals surface area contributed by atoms with Gasteiger partial charge in [0.25, 0.3) is 0 Å². The molecule has 162 valence electrons. The maximum Gasteiger partial charge on any atom is 0.123 e. The van der Waals surface area contributed by atoms with Crippen LogP contribution in [0, 0.1) is 11.6 Å². The summed E-state index contributed by atoms with van der Waals surface area (Å²) < 4.78 is 27.8. The van der Waals surface area contributed by atoms with Gasteiger partial charge in [0, 0.05) is 0 Å². The first kappa shape index (κ1) is 20.2. The molecular weight excluding hydrogens is 433 g/mol. The fourth-order valence-electron chi connectivity index (χ4n) is 5.66. The summed E-state index contributed by atoms with van der Waals surface area (Å²) in [6, 6.07) is 31.9. The lowest BCUT2D eigenvalue weighted by Crippen LogP contribution is -2.02. The molecule has 7 rings (SSSR count). The van der Waals surface area contributed by atoms with E-state index in [4.69, 9.17) is 7.85 Å². The van der Waals surface area contributed by atoms with Gasteiger partial charge in [0.2, 0.25) is 0 Å². The number of hydrogen-bond acceptors (Lipinski definition) is 0. The fraction of sp³-hybridized carbons (Fsp3) is 0. The molecule has 6 aromatic carbocycles. The molecule has 0 saturated carbocycles. The van der Waals surface area contributed by atoms with E-state index in [2.05, 4.69) is 30.3 Å². The molecule has 0 amide bonds. The highest BCUT2D eigenvalue weighted by Crippen LogP contribution is 2.57. The zero-order valence-electron chi connectivity index (χ0n) is 18.6. The maximum absolute atomic E-state index is 13.9. The summed E-state index contributed by atoms with van der Waals surface area (Å²) in [6.07, 6.45) is 0. The number of fused-ring (bicyclic) bond motifs is 4. The predicted molar refractivity (Wildman–Crippen MR) is 142 cm³/mol. The molecule has 1 aliphatic rings. The highest BCUT2D eigenvalue weighted by atomic mass is 19.1. The van der Waals surface area contributed by atoms with Crippen LogP contribution in [0.1, 0.15) is 0 Å². The molecule has 0 unspecified atom stereocenters. The largest absolute Gasteiger partial charge is 0.207 e. The second-order valence-electron chi connectivity index (χ2n) is 8.99. The lowest BCUT2D eigenvalue weighted by Gasteiger charge is -2.20. The van der Waals surface area contributed by atoms with E-state index in [1.54, 1.807) is 0 Å². The van der Waals surface area contributed by atoms with E-state index in [0.29, 0.717) is 0 Å². The van der Waals surface area contributed by atoms with Crippen molar-refractivity contribution in [2.24, 2.45) is 0 Å². The van der Waals surface area contributed by atoms with E-state index in [1.165, 1.54) is 24.3 Å². The summed E-state index contributed by atoms with van der Waals surface area (Å²) in [7, 11) is 6.40. The average molecular weight is 450 g/mol. The molecule has 0 saturated heterocycles. The van der Waals surface area contributed by atoms with Crippen molar-refractivity contribution in [1.29, 1.82) is 0 Å². The van der Waals surface area contributed by atoms with Crippen LogP contribution < -0.4 is 5.46 Å². The molecule has 0 heterocycles. The minimum absolute atomic E-state index is 0.268. The molecule has 0 N–H and O–H groups in total. The van der Waals surface area contributed by atoms with E-state index in [1.807, 2.05) is 48.5 Å². The molecule has 0 nitrogen and oxygen atoms in total. The molecule has 0 aromatic heterocycles. The molecule has 35 heavy (non-hydrogen) atoms. The lowest BCUT2D eigenvalue weighted by molar-refractivity contribution is 0.627. The van der Waals surface area contributed by atoms with Gasteiger partial charge in [-0.1, -0.05) is 84.3 Å². The van der Waals surface area contributed by atoms with E-state index in [0.717, 1.165) is 71.5 Å². The molecule has 0 atom stereocenters. The van der Waals surface area contributed by atoms with Crippen LogP contribution in [0.25, 0.3) is 66.1 Å². The van der Waals surface area contributed by atoms with Crippen molar-refractivity contribution in [1.82, 2.24) is 0 Å². The van der Waals surface area contributed by atoms with E-state index < -0.39 is 0 Å². The summed E-state index contributed by atoms with van der Waals surface area (Å²) in [5.74, 6) is -0.536. The van der Waals surface area contributed by atoms with Crippen molar-refractivity contribution in [3.05, 3.63) is 115 Å². The van der Waals surface area contributed by atoms with E-state index >= 15 is 0 Å². The Hall–Kier alpha value is -4.24. The van der Waals surface area contributed by atoms with Crippen molar-refractivity contribution in [3.63, 3.8) is 0 Å². The highest BCUT2D eigenvalue weighted by Gasteiger charge is 2.30. The minimum Gasteiger partial charge on any atom is -0.207 e. The molecule has 3 heteroatoms. The molecule has 0 spiro atoms. The zero-order chi connectivity index (χ0) is 23.7. The Morgan fingerprint density at radius 3 is 1.46 bits per heavy atom. The summed E-state index contributed by atoms with van der Waals surface area (Å²) >= 11 is 0. The van der Waals surface area contributed by atoms with Crippen LogP contribution in [-0.4, -0.2) is 7.85 Å². The molecule has 0 aliphatic heterocycles.